The van der Waals surface area contributed by atoms with E-state index in [9.17, 15) is 15.0 Å². The fraction of sp³-hybridized carbons (Fsp3) is 0.227. The molecule has 2 amide bonds. The molecule has 0 aliphatic carbocycles. The summed E-state index contributed by atoms with van der Waals surface area (Å²) in [6.07, 6.45) is 2.78. The van der Waals surface area contributed by atoms with Crippen molar-refractivity contribution in [1.29, 1.82) is 0 Å². The lowest BCUT2D eigenvalue weighted by molar-refractivity contribution is 0.0249. The Morgan fingerprint density at radius 1 is 1.12 bits per heavy atom. The zero-order chi connectivity index (χ0) is 22.7. The van der Waals surface area contributed by atoms with Crippen LogP contribution in [0.4, 0.5) is 9.93 Å². The Bertz CT molecular complexity index is 1230. The second-order valence-corrected chi connectivity index (χ2v) is 8.10. The van der Waals surface area contributed by atoms with Crippen LogP contribution in [0.1, 0.15) is 25.8 Å². The molecule has 10 heteroatoms. The number of benzene rings is 1. The molecule has 0 saturated heterocycles. The maximum Gasteiger partial charge on any atom is 0.321 e. The minimum absolute atomic E-state index is 0.150. The maximum absolute atomic E-state index is 11.9. The molecule has 0 saturated carbocycles. The van der Waals surface area contributed by atoms with Gasteiger partial charge in [0.1, 0.15) is 6.10 Å². The summed E-state index contributed by atoms with van der Waals surface area (Å²) in [6, 6.07) is 9.22. The summed E-state index contributed by atoms with van der Waals surface area (Å²) in [6.45, 7) is 3.83. The second-order valence-electron chi connectivity index (χ2n) is 7.11. The largest absolute Gasteiger partial charge is 0.390 e. The van der Waals surface area contributed by atoms with Crippen molar-refractivity contribution >= 4 is 32.7 Å². The minimum atomic E-state index is -1.16. The standard InChI is InChI=1S/C22H22N6O3S/c1-3-23-21(31)28-22-27-17-9-13(14-10-25-20(26-11-14)18(30)12(2)29)8-15(19(17)32-22)16-6-4-5-7-24-16/h4-12,18,29-30H,3H2,1-2H3,(H2,23,27,28,31)/t12-,18+/m0/s1. The number of carbonyl (C=O) groups is 1. The van der Waals surface area contributed by atoms with Gasteiger partial charge in [-0.2, -0.15) is 0 Å². The molecule has 4 aromatic rings. The second kappa shape index (κ2) is 9.35. The topological polar surface area (TPSA) is 133 Å². The third-order valence-electron chi connectivity index (χ3n) is 4.72. The van der Waals surface area contributed by atoms with Crippen molar-refractivity contribution in [1.82, 2.24) is 25.3 Å². The Hall–Kier alpha value is -3.47. The number of anilines is 1. The molecule has 2 atom stereocenters. The predicted molar refractivity (Wildman–Crippen MR) is 123 cm³/mol. The number of aliphatic hydroxyl groups excluding tert-OH is 2. The average molecular weight is 451 g/mol. The molecule has 0 radical (unpaired) electrons. The van der Waals surface area contributed by atoms with E-state index in [4.69, 9.17) is 0 Å². The number of thiazole rings is 1. The van der Waals surface area contributed by atoms with Gasteiger partial charge in [0.05, 0.1) is 22.0 Å². The van der Waals surface area contributed by atoms with Crippen LogP contribution in [0.25, 0.3) is 32.6 Å². The number of rotatable bonds is 6. The number of hydrogen-bond donors (Lipinski definition) is 4. The molecule has 0 aliphatic heterocycles. The SMILES string of the molecule is CCNC(=O)Nc1nc2cc(-c3cnc([C@H](O)[C@H](C)O)nc3)cc(-c3ccccn3)c2s1. The van der Waals surface area contributed by atoms with Crippen molar-refractivity contribution in [3.8, 4) is 22.4 Å². The summed E-state index contributed by atoms with van der Waals surface area (Å²) >= 11 is 1.37. The number of nitrogens with one attached hydrogen (secondary N) is 2. The minimum Gasteiger partial charge on any atom is -0.390 e. The molecule has 3 heterocycles. The summed E-state index contributed by atoms with van der Waals surface area (Å²) in [4.78, 5) is 29.4. The number of urea groups is 1. The average Bonchev–Trinajstić information content (AvgIpc) is 3.20. The highest BCUT2D eigenvalue weighted by molar-refractivity contribution is 7.22. The number of pyridine rings is 1. The number of fused-ring (bicyclic) bond motifs is 1. The van der Waals surface area contributed by atoms with Gasteiger partial charge in [-0.25, -0.2) is 19.7 Å². The highest BCUT2D eigenvalue weighted by atomic mass is 32.1. The van der Waals surface area contributed by atoms with Gasteiger partial charge >= 0.3 is 6.03 Å². The van der Waals surface area contributed by atoms with Gasteiger partial charge < -0.3 is 15.5 Å². The van der Waals surface area contributed by atoms with Crippen molar-refractivity contribution in [2.24, 2.45) is 0 Å². The Labute approximate surface area is 188 Å². The van der Waals surface area contributed by atoms with Crippen LogP contribution < -0.4 is 10.6 Å². The van der Waals surface area contributed by atoms with E-state index in [0.717, 1.165) is 27.1 Å². The van der Waals surface area contributed by atoms with Crippen LogP contribution in [0.2, 0.25) is 0 Å². The summed E-state index contributed by atoms with van der Waals surface area (Å²) in [5.41, 5.74) is 3.87. The van der Waals surface area contributed by atoms with Gasteiger partial charge in [0.2, 0.25) is 0 Å². The van der Waals surface area contributed by atoms with Gasteiger partial charge in [0.25, 0.3) is 0 Å². The number of aromatic nitrogens is 4. The number of hydrogen-bond acceptors (Lipinski definition) is 8. The van der Waals surface area contributed by atoms with Crippen LogP contribution in [0.15, 0.2) is 48.9 Å². The third-order valence-corrected chi connectivity index (χ3v) is 5.74. The lowest BCUT2D eigenvalue weighted by Crippen LogP contribution is -2.28. The van der Waals surface area contributed by atoms with Gasteiger partial charge in [-0.15, -0.1) is 0 Å². The van der Waals surface area contributed by atoms with Crippen molar-refractivity contribution in [2.45, 2.75) is 26.1 Å². The van der Waals surface area contributed by atoms with Gasteiger partial charge in [0, 0.05) is 36.3 Å². The van der Waals surface area contributed by atoms with E-state index < -0.39 is 12.2 Å². The Kier molecular flexibility index (Phi) is 6.35. The zero-order valence-corrected chi connectivity index (χ0v) is 18.3. The van der Waals surface area contributed by atoms with Gasteiger partial charge in [-0.05, 0) is 43.7 Å². The molecular formula is C22H22N6O3S. The van der Waals surface area contributed by atoms with E-state index in [2.05, 4.69) is 30.6 Å². The van der Waals surface area contributed by atoms with Crippen LogP contribution in [0.3, 0.4) is 0 Å². The molecule has 4 N–H and O–H groups in total. The van der Waals surface area contributed by atoms with E-state index in [1.807, 2.05) is 37.3 Å². The molecule has 3 aromatic heterocycles. The first-order valence-electron chi connectivity index (χ1n) is 10.1. The molecule has 0 fully saturated rings. The lowest BCUT2D eigenvalue weighted by Gasteiger charge is -2.12. The first kappa shape index (κ1) is 21.8. The highest BCUT2D eigenvalue weighted by Gasteiger charge is 2.18. The van der Waals surface area contributed by atoms with Crippen molar-refractivity contribution in [3.63, 3.8) is 0 Å². The molecule has 0 bridgehead atoms. The molecule has 0 spiro atoms. The van der Waals surface area contributed by atoms with Crippen LogP contribution >= 0.6 is 11.3 Å². The Morgan fingerprint density at radius 2 is 1.91 bits per heavy atom. The number of amides is 2. The van der Waals surface area contributed by atoms with Crippen LogP contribution in [-0.4, -0.2) is 48.8 Å². The van der Waals surface area contributed by atoms with Crippen LogP contribution in [0.5, 0.6) is 0 Å². The lowest BCUT2D eigenvalue weighted by atomic mass is 10.0. The smallest absolute Gasteiger partial charge is 0.321 e. The summed E-state index contributed by atoms with van der Waals surface area (Å²) in [7, 11) is 0. The number of aliphatic hydroxyl groups is 2. The van der Waals surface area contributed by atoms with Gasteiger partial charge in [0.15, 0.2) is 11.0 Å². The fourth-order valence-corrected chi connectivity index (χ4v) is 4.09. The number of nitrogens with zero attached hydrogens (tertiary/aromatic N) is 4. The van der Waals surface area contributed by atoms with Crippen LogP contribution in [-0.2, 0) is 0 Å². The molecule has 1 aromatic carbocycles. The zero-order valence-electron chi connectivity index (χ0n) is 17.5. The monoisotopic (exact) mass is 450 g/mol. The molecule has 164 valence electrons. The van der Waals surface area contributed by atoms with E-state index in [1.54, 1.807) is 18.6 Å². The maximum atomic E-state index is 11.9. The van der Waals surface area contributed by atoms with E-state index in [1.165, 1.54) is 18.3 Å². The van der Waals surface area contributed by atoms with E-state index >= 15 is 0 Å². The van der Waals surface area contributed by atoms with Crippen molar-refractivity contribution in [3.05, 3.63) is 54.7 Å². The summed E-state index contributed by atoms with van der Waals surface area (Å²) < 4.78 is 0.890. The normalized spacial score (nSPS) is 13.0. The first-order valence-corrected chi connectivity index (χ1v) is 10.9. The molecule has 0 aliphatic rings. The van der Waals surface area contributed by atoms with E-state index in [-0.39, 0.29) is 11.9 Å². The van der Waals surface area contributed by atoms with Gasteiger partial charge in [-0.1, -0.05) is 17.4 Å². The molecule has 32 heavy (non-hydrogen) atoms. The highest BCUT2D eigenvalue weighted by Crippen LogP contribution is 2.38. The number of carbonyl (C=O) groups excluding carboxylic acids is 1. The van der Waals surface area contributed by atoms with Crippen molar-refractivity contribution < 1.29 is 15.0 Å². The fourth-order valence-electron chi connectivity index (χ4n) is 3.12. The van der Waals surface area contributed by atoms with Crippen LogP contribution in [0, 0.1) is 0 Å². The Balaban J connectivity index is 1.79. The Morgan fingerprint density at radius 3 is 2.56 bits per heavy atom. The molecule has 4 rings (SSSR count). The predicted octanol–water partition coefficient (Wildman–Crippen LogP) is 3.37. The first-order chi connectivity index (χ1) is 15.5. The van der Waals surface area contributed by atoms with E-state index in [0.29, 0.717) is 17.2 Å². The van der Waals surface area contributed by atoms with Crippen molar-refractivity contribution in [2.75, 3.05) is 11.9 Å². The quantitative estimate of drug-likeness (QED) is 0.354. The molecular weight excluding hydrogens is 428 g/mol. The summed E-state index contributed by atoms with van der Waals surface area (Å²) in [5, 5.41) is 25.5. The molecule has 9 nitrogen and oxygen atoms in total. The third kappa shape index (κ3) is 4.57. The molecule has 0 unspecified atom stereocenters. The summed E-state index contributed by atoms with van der Waals surface area (Å²) in [5.74, 6) is 0.150. The van der Waals surface area contributed by atoms with Gasteiger partial charge in [-0.3, -0.25) is 10.3 Å².